The van der Waals surface area contributed by atoms with Crippen molar-refractivity contribution in [3.8, 4) is 0 Å². The van der Waals surface area contributed by atoms with Crippen molar-refractivity contribution >= 4 is 0 Å². The first-order valence-corrected chi connectivity index (χ1v) is 6.65. The summed E-state index contributed by atoms with van der Waals surface area (Å²) >= 11 is 0. The average Bonchev–Trinajstić information content (AvgIpc) is 3.02. The van der Waals surface area contributed by atoms with E-state index in [9.17, 15) is 0 Å². The van der Waals surface area contributed by atoms with Crippen LogP contribution in [0.25, 0.3) is 0 Å². The van der Waals surface area contributed by atoms with Crippen molar-refractivity contribution in [1.29, 1.82) is 0 Å². The molecule has 2 fully saturated rings. The molecular weight excluding hydrogens is 170 g/mol. The largest absolute Gasteiger partial charge is 0.314 e. The molecule has 2 rings (SSSR count). The van der Waals surface area contributed by atoms with Gasteiger partial charge in [-0.3, -0.25) is 0 Å². The van der Waals surface area contributed by atoms with Crippen molar-refractivity contribution in [1.82, 2.24) is 5.32 Å². The molecule has 1 unspecified atom stereocenters. The van der Waals surface area contributed by atoms with Crippen molar-refractivity contribution in [2.24, 2.45) is 11.8 Å². The van der Waals surface area contributed by atoms with Crippen LogP contribution < -0.4 is 5.32 Å². The fourth-order valence-corrected chi connectivity index (χ4v) is 3.08. The van der Waals surface area contributed by atoms with Crippen molar-refractivity contribution in [2.75, 3.05) is 6.54 Å². The molecule has 0 saturated heterocycles. The molecule has 1 atom stereocenters. The molecule has 0 aromatic rings. The maximum atomic E-state index is 3.74. The van der Waals surface area contributed by atoms with Crippen LogP contribution in [0.5, 0.6) is 0 Å². The molecule has 0 bridgehead atoms. The standard InChI is InChI=1S/C13H25N/c1-2-14-13(12-9-10-12)11-7-5-3-4-6-8-11/h11-14H,2-10H2,1H3. The second-order valence-electron chi connectivity index (χ2n) is 5.17. The van der Waals surface area contributed by atoms with Gasteiger partial charge in [0.05, 0.1) is 0 Å². The van der Waals surface area contributed by atoms with Crippen molar-refractivity contribution in [3.05, 3.63) is 0 Å². The number of nitrogens with one attached hydrogen (secondary N) is 1. The summed E-state index contributed by atoms with van der Waals surface area (Å²) in [4.78, 5) is 0. The molecule has 0 radical (unpaired) electrons. The molecule has 0 aromatic carbocycles. The molecule has 2 aliphatic rings. The first kappa shape index (κ1) is 10.5. The lowest BCUT2D eigenvalue weighted by Crippen LogP contribution is -2.37. The Bertz CT molecular complexity index is 155. The molecule has 1 nitrogen and oxygen atoms in total. The third kappa shape index (κ3) is 2.73. The SMILES string of the molecule is CCNC(C1CCCCCC1)C1CC1. The zero-order valence-corrected chi connectivity index (χ0v) is 9.60. The van der Waals surface area contributed by atoms with Gasteiger partial charge in [0, 0.05) is 6.04 Å². The van der Waals surface area contributed by atoms with Crippen LogP contribution in [0.2, 0.25) is 0 Å². The summed E-state index contributed by atoms with van der Waals surface area (Å²) in [5, 5.41) is 3.74. The topological polar surface area (TPSA) is 12.0 Å². The van der Waals surface area contributed by atoms with Gasteiger partial charge in [-0.1, -0.05) is 32.6 Å². The van der Waals surface area contributed by atoms with E-state index < -0.39 is 0 Å². The zero-order valence-electron chi connectivity index (χ0n) is 9.60. The summed E-state index contributed by atoms with van der Waals surface area (Å²) in [5.74, 6) is 2.04. The first-order chi connectivity index (χ1) is 6.92. The molecule has 0 amide bonds. The Morgan fingerprint density at radius 2 is 1.50 bits per heavy atom. The van der Waals surface area contributed by atoms with Crippen molar-refractivity contribution < 1.29 is 0 Å². The number of rotatable bonds is 4. The van der Waals surface area contributed by atoms with E-state index in [1.165, 1.54) is 51.4 Å². The normalized spacial score (nSPS) is 27.2. The van der Waals surface area contributed by atoms with Crippen molar-refractivity contribution in [2.45, 2.75) is 64.3 Å². The summed E-state index contributed by atoms with van der Waals surface area (Å²) in [6, 6.07) is 0.873. The smallest absolute Gasteiger partial charge is 0.0123 e. The molecule has 2 aliphatic carbocycles. The predicted molar refractivity (Wildman–Crippen MR) is 61.4 cm³/mol. The lowest BCUT2D eigenvalue weighted by molar-refractivity contribution is 0.295. The van der Waals surface area contributed by atoms with E-state index in [1.807, 2.05) is 0 Å². The van der Waals surface area contributed by atoms with E-state index in [-0.39, 0.29) is 0 Å². The van der Waals surface area contributed by atoms with Gasteiger partial charge in [0.1, 0.15) is 0 Å². The van der Waals surface area contributed by atoms with E-state index in [0.29, 0.717) is 0 Å². The molecule has 0 spiro atoms. The van der Waals surface area contributed by atoms with Crippen LogP contribution in [0.1, 0.15) is 58.3 Å². The van der Waals surface area contributed by atoms with E-state index in [1.54, 1.807) is 0 Å². The maximum absolute atomic E-state index is 3.74. The Morgan fingerprint density at radius 1 is 0.929 bits per heavy atom. The van der Waals surface area contributed by atoms with Gasteiger partial charge < -0.3 is 5.32 Å². The maximum Gasteiger partial charge on any atom is 0.0123 e. The molecule has 0 aliphatic heterocycles. The predicted octanol–water partition coefficient (Wildman–Crippen LogP) is 3.34. The molecule has 14 heavy (non-hydrogen) atoms. The van der Waals surface area contributed by atoms with E-state index in [0.717, 1.165) is 24.4 Å². The summed E-state index contributed by atoms with van der Waals surface area (Å²) in [6.07, 6.45) is 11.9. The van der Waals surface area contributed by atoms with E-state index in [2.05, 4.69) is 12.2 Å². The van der Waals surface area contributed by atoms with E-state index in [4.69, 9.17) is 0 Å². The molecule has 0 heterocycles. The fraction of sp³-hybridized carbons (Fsp3) is 1.00. The van der Waals surface area contributed by atoms with Crippen LogP contribution in [0.3, 0.4) is 0 Å². The van der Waals surface area contributed by atoms with E-state index >= 15 is 0 Å². The highest BCUT2D eigenvalue weighted by Crippen LogP contribution is 2.39. The fourth-order valence-electron chi connectivity index (χ4n) is 3.08. The minimum atomic E-state index is 0.873. The highest BCUT2D eigenvalue weighted by molar-refractivity contribution is 4.91. The molecular formula is C13H25N. The second kappa shape index (κ2) is 5.16. The Morgan fingerprint density at radius 3 is 2.00 bits per heavy atom. The second-order valence-corrected chi connectivity index (χ2v) is 5.17. The zero-order chi connectivity index (χ0) is 9.80. The summed E-state index contributed by atoms with van der Waals surface area (Å²) < 4.78 is 0. The molecule has 0 aromatic heterocycles. The number of hydrogen-bond acceptors (Lipinski definition) is 1. The van der Waals surface area contributed by atoms with Crippen LogP contribution in [-0.2, 0) is 0 Å². The van der Waals surface area contributed by atoms with Crippen LogP contribution in [-0.4, -0.2) is 12.6 Å². The van der Waals surface area contributed by atoms with Crippen LogP contribution >= 0.6 is 0 Å². The van der Waals surface area contributed by atoms with Gasteiger partial charge in [0.2, 0.25) is 0 Å². The number of hydrogen-bond donors (Lipinski definition) is 1. The third-order valence-corrected chi connectivity index (χ3v) is 3.98. The Balaban J connectivity index is 1.86. The Labute approximate surface area is 88.7 Å². The molecule has 82 valence electrons. The van der Waals surface area contributed by atoms with Crippen LogP contribution in [0, 0.1) is 11.8 Å². The highest BCUT2D eigenvalue weighted by Gasteiger charge is 2.35. The van der Waals surface area contributed by atoms with Gasteiger partial charge in [-0.15, -0.1) is 0 Å². The van der Waals surface area contributed by atoms with Crippen LogP contribution in [0.15, 0.2) is 0 Å². The molecule has 1 N–H and O–H groups in total. The molecule has 2 saturated carbocycles. The van der Waals surface area contributed by atoms with Gasteiger partial charge in [0.25, 0.3) is 0 Å². The minimum Gasteiger partial charge on any atom is -0.314 e. The Hall–Kier alpha value is -0.0400. The quantitative estimate of drug-likeness (QED) is 0.678. The lowest BCUT2D eigenvalue weighted by atomic mass is 9.89. The van der Waals surface area contributed by atoms with Gasteiger partial charge >= 0.3 is 0 Å². The first-order valence-electron chi connectivity index (χ1n) is 6.65. The minimum absolute atomic E-state index is 0.873. The van der Waals surface area contributed by atoms with Crippen LogP contribution in [0.4, 0.5) is 0 Å². The summed E-state index contributed by atoms with van der Waals surface area (Å²) in [7, 11) is 0. The lowest BCUT2D eigenvalue weighted by Gasteiger charge is -2.26. The summed E-state index contributed by atoms with van der Waals surface area (Å²) in [5.41, 5.74) is 0. The Kier molecular flexibility index (Phi) is 3.86. The highest BCUT2D eigenvalue weighted by atomic mass is 14.9. The third-order valence-electron chi connectivity index (χ3n) is 3.98. The summed E-state index contributed by atoms with van der Waals surface area (Å²) in [6.45, 7) is 3.42. The van der Waals surface area contributed by atoms with Gasteiger partial charge in [-0.2, -0.15) is 0 Å². The monoisotopic (exact) mass is 195 g/mol. The molecule has 1 heteroatoms. The van der Waals surface area contributed by atoms with Gasteiger partial charge in [-0.25, -0.2) is 0 Å². The average molecular weight is 195 g/mol. The van der Waals surface area contributed by atoms with Gasteiger partial charge in [-0.05, 0) is 44.1 Å². The van der Waals surface area contributed by atoms with Crippen molar-refractivity contribution in [3.63, 3.8) is 0 Å². The van der Waals surface area contributed by atoms with Gasteiger partial charge in [0.15, 0.2) is 0 Å².